The lowest BCUT2D eigenvalue weighted by molar-refractivity contribution is -0.123. The molecule has 0 saturated carbocycles. The monoisotopic (exact) mass is 385 g/mol. The van der Waals surface area contributed by atoms with Crippen LogP contribution in [-0.2, 0) is 10.2 Å². The van der Waals surface area contributed by atoms with E-state index < -0.39 is 29.6 Å². The van der Waals surface area contributed by atoms with Crippen molar-refractivity contribution in [2.45, 2.75) is 39.2 Å². The van der Waals surface area contributed by atoms with Crippen LogP contribution in [0.3, 0.4) is 0 Å². The van der Waals surface area contributed by atoms with E-state index in [0.717, 1.165) is 11.6 Å². The Morgan fingerprint density at radius 2 is 1.50 bits per heavy atom. The van der Waals surface area contributed by atoms with E-state index >= 15 is 0 Å². The van der Waals surface area contributed by atoms with Crippen LogP contribution in [0.25, 0.3) is 0 Å². The van der Waals surface area contributed by atoms with E-state index in [4.69, 9.17) is 0 Å². The second-order valence-corrected chi connectivity index (χ2v) is 7.45. The molecule has 2 aromatic carbocycles. The molecule has 6 nitrogen and oxygen atoms in total. The van der Waals surface area contributed by atoms with Crippen LogP contribution in [0, 0.1) is 5.82 Å². The fraction of sp³-hybridized carbons (Fsp3) is 0.286. The summed E-state index contributed by atoms with van der Waals surface area (Å²) < 4.78 is 13.6. The number of hydrazine groups is 1. The summed E-state index contributed by atoms with van der Waals surface area (Å²) in [6.07, 6.45) is 0. The Kier molecular flexibility index (Phi) is 6.51. The first kappa shape index (κ1) is 21.1. The molecule has 0 aromatic heterocycles. The highest BCUT2D eigenvalue weighted by Gasteiger charge is 2.19. The standard InChI is InChI=1S/C21H24FN3O3/c1-13(23-20(28)16-7-5-6-8-17(16)22)18(26)24-25-19(27)14-9-11-15(12-10-14)21(2,3)4/h5-13H,1-4H3,(H,23,28)(H,24,26)(H,25,27). The van der Waals surface area contributed by atoms with E-state index in [1.54, 1.807) is 12.1 Å². The zero-order chi connectivity index (χ0) is 20.9. The molecule has 0 spiro atoms. The predicted octanol–water partition coefficient (Wildman–Crippen LogP) is 2.70. The number of benzene rings is 2. The Hall–Kier alpha value is -3.22. The van der Waals surface area contributed by atoms with Gasteiger partial charge in [0.1, 0.15) is 11.9 Å². The number of carbonyl (C=O) groups is 3. The topological polar surface area (TPSA) is 87.3 Å². The molecule has 0 aliphatic carbocycles. The van der Waals surface area contributed by atoms with E-state index in [9.17, 15) is 18.8 Å². The summed E-state index contributed by atoms with van der Waals surface area (Å²) in [7, 11) is 0. The maximum atomic E-state index is 13.6. The van der Waals surface area contributed by atoms with Crippen molar-refractivity contribution in [2.75, 3.05) is 0 Å². The van der Waals surface area contributed by atoms with Crippen LogP contribution in [0.1, 0.15) is 54.0 Å². The third kappa shape index (κ3) is 5.39. The molecular weight excluding hydrogens is 361 g/mol. The third-order valence-electron chi connectivity index (χ3n) is 4.17. The Morgan fingerprint density at radius 1 is 0.893 bits per heavy atom. The zero-order valence-corrected chi connectivity index (χ0v) is 16.3. The van der Waals surface area contributed by atoms with Gasteiger partial charge < -0.3 is 5.32 Å². The molecule has 1 atom stereocenters. The quantitative estimate of drug-likeness (QED) is 0.707. The van der Waals surface area contributed by atoms with Crippen molar-refractivity contribution in [1.29, 1.82) is 0 Å². The van der Waals surface area contributed by atoms with Crippen LogP contribution in [0.2, 0.25) is 0 Å². The van der Waals surface area contributed by atoms with E-state index in [0.29, 0.717) is 5.56 Å². The molecule has 0 radical (unpaired) electrons. The Labute approximate surface area is 163 Å². The van der Waals surface area contributed by atoms with Gasteiger partial charge in [0, 0.05) is 5.56 Å². The summed E-state index contributed by atoms with van der Waals surface area (Å²) in [4.78, 5) is 36.3. The molecule has 3 amide bonds. The molecule has 3 N–H and O–H groups in total. The normalized spacial score (nSPS) is 12.0. The molecule has 2 rings (SSSR count). The number of nitrogens with one attached hydrogen (secondary N) is 3. The largest absolute Gasteiger partial charge is 0.340 e. The van der Waals surface area contributed by atoms with Gasteiger partial charge in [0.15, 0.2) is 0 Å². The van der Waals surface area contributed by atoms with Crippen molar-refractivity contribution in [3.63, 3.8) is 0 Å². The molecule has 0 aliphatic heterocycles. The van der Waals surface area contributed by atoms with Gasteiger partial charge in [-0.3, -0.25) is 25.2 Å². The average Bonchev–Trinajstić information content (AvgIpc) is 2.65. The van der Waals surface area contributed by atoms with Gasteiger partial charge in [-0.25, -0.2) is 4.39 Å². The van der Waals surface area contributed by atoms with Gasteiger partial charge in [-0.15, -0.1) is 0 Å². The predicted molar refractivity (Wildman–Crippen MR) is 104 cm³/mol. The minimum absolute atomic E-state index is 0.0327. The molecule has 7 heteroatoms. The van der Waals surface area contributed by atoms with Crippen molar-refractivity contribution in [1.82, 2.24) is 16.2 Å². The van der Waals surface area contributed by atoms with Gasteiger partial charge in [-0.2, -0.15) is 0 Å². The molecule has 0 aliphatic rings. The summed E-state index contributed by atoms with van der Waals surface area (Å²) in [6, 6.07) is 11.5. The molecule has 148 valence electrons. The Morgan fingerprint density at radius 3 is 2.07 bits per heavy atom. The minimum atomic E-state index is -0.976. The van der Waals surface area contributed by atoms with E-state index in [1.165, 1.54) is 25.1 Å². The van der Waals surface area contributed by atoms with Crippen LogP contribution < -0.4 is 16.2 Å². The molecule has 0 heterocycles. The van der Waals surface area contributed by atoms with Crippen LogP contribution in [0.5, 0.6) is 0 Å². The highest BCUT2D eigenvalue weighted by Crippen LogP contribution is 2.22. The Bertz CT molecular complexity index is 873. The minimum Gasteiger partial charge on any atom is -0.340 e. The summed E-state index contributed by atoms with van der Waals surface area (Å²) >= 11 is 0. The maximum Gasteiger partial charge on any atom is 0.269 e. The van der Waals surface area contributed by atoms with Crippen LogP contribution >= 0.6 is 0 Å². The summed E-state index contributed by atoms with van der Waals surface area (Å²) in [6.45, 7) is 7.64. The molecule has 1 unspecified atom stereocenters. The first-order valence-corrected chi connectivity index (χ1v) is 8.85. The van der Waals surface area contributed by atoms with E-state index in [2.05, 4.69) is 36.9 Å². The number of carbonyl (C=O) groups excluding carboxylic acids is 3. The van der Waals surface area contributed by atoms with Crippen LogP contribution in [0.15, 0.2) is 48.5 Å². The average molecular weight is 385 g/mol. The lowest BCUT2D eigenvalue weighted by atomic mass is 9.87. The lowest BCUT2D eigenvalue weighted by Gasteiger charge is -2.19. The zero-order valence-electron chi connectivity index (χ0n) is 16.3. The van der Waals surface area contributed by atoms with Crippen molar-refractivity contribution >= 4 is 17.7 Å². The maximum absolute atomic E-state index is 13.6. The first-order valence-electron chi connectivity index (χ1n) is 8.85. The summed E-state index contributed by atoms with van der Waals surface area (Å²) in [5, 5.41) is 2.38. The second kappa shape index (κ2) is 8.65. The number of halogens is 1. The van der Waals surface area contributed by atoms with Gasteiger partial charge in [-0.05, 0) is 42.2 Å². The fourth-order valence-electron chi connectivity index (χ4n) is 2.41. The SMILES string of the molecule is CC(NC(=O)c1ccccc1F)C(=O)NNC(=O)c1ccc(C(C)(C)C)cc1. The lowest BCUT2D eigenvalue weighted by Crippen LogP contribution is -2.51. The number of rotatable bonds is 4. The fourth-order valence-corrected chi connectivity index (χ4v) is 2.41. The third-order valence-corrected chi connectivity index (χ3v) is 4.17. The molecule has 0 bridgehead atoms. The molecular formula is C21H24FN3O3. The summed E-state index contributed by atoms with van der Waals surface area (Å²) in [5.41, 5.74) is 5.82. The number of amides is 3. The molecule has 2 aromatic rings. The highest BCUT2D eigenvalue weighted by atomic mass is 19.1. The number of hydrogen-bond donors (Lipinski definition) is 3. The van der Waals surface area contributed by atoms with E-state index in [1.807, 2.05) is 12.1 Å². The molecule has 28 heavy (non-hydrogen) atoms. The van der Waals surface area contributed by atoms with Gasteiger partial charge in [0.25, 0.3) is 17.7 Å². The van der Waals surface area contributed by atoms with Crippen molar-refractivity contribution < 1.29 is 18.8 Å². The first-order chi connectivity index (χ1) is 13.1. The molecule has 0 fully saturated rings. The van der Waals surface area contributed by atoms with Gasteiger partial charge in [-0.1, -0.05) is 45.0 Å². The summed E-state index contributed by atoms with van der Waals surface area (Å²) in [5.74, 6) is -2.52. The smallest absolute Gasteiger partial charge is 0.269 e. The van der Waals surface area contributed by atoms with Gasteiger partial charge >= 0.3 is 0 Å². The second-order valence-electron chi connectivity index (χ2n) is 7.45. The molecule has 0 saturated heterocycles. The van der Waals surface area contributed by atoms with Gasteiger partial charge in [0.2, 0.25) is 0 Å². The van der Waals surface area contributed by atoms with E-state index in [-0.39, 0.29) is 11.0 Å². The highest BCUT2D eigenvalue weighted by molar-refractivity contribution is 5.99. The van der Waals surface area contributed by atoms with Gasteiger partial charge in [0.05, 0.1) is 5.56 Å². The van der Waals surface area contributed by atoms with Crippen LogP contribution in [0.4, 0.5) is 4.39 Å². The van der Waals surface area contributed by atoms with Crippen molar-refractivity contribution in [2.24, 2.45) is 0 Å². The Balaban J connectivity index is 1.89. The van der Waals surface area contributed by atoms with Crippen molar-refractivity contribution in [3.8, 4) is 0 Å². The van der Waals surface area contributed by atoms with Crippen molar-refractivity contribution in [3.05, 3.63) is 71.0 Å². The van der Waals surface area contributed by atoms with Crippen LogP contribution in [-0.4, -0.2) is 23.8 Å². The number of hydrogen-bond acceptors (Lipinski definition) is 3.